The van der Waals surface area contributed by atoms with E-state index in [1.54, 1.807) is 33.0 Å². The number of nitrogens with zero attached hydrogens (tertiary/aromatic N) is 3. The van der Waals surface area contributed by atoms with E-state index in [1.165, 1.54) is 10.0 Å². The molecule has 0 radical (unpaired) electrons. The van der Waals surface area contributed by atoms with Crippen molar-refractivity contribution in [3.05, 3.63) is 23.9 Å². The molecule has 166 valence electrons. The van der Waals surface area contributed by atoms with Crippen molar-refractivity contribution in [2.45, 2.75) is 66.0 Å². The molecule has 1 saturated heterocycles. The number of urea groups is 1. The Labute approximate surface area is 178 Å². The monoisotopic (exact) mass is 419 g/mol. The number of carbonyl (C=O) groups excluding carboxylic acids is 3. The van der Waals surface area contributed by atoms with Crippen LogP contribution in [0.2, 0.25) is 0 Å². The van der Waals surface area contributed by atoms with Gasteiger partial charge in [0.15, 0.2) is 0 Å². The van der Waals surface area contributed by atoms with Crippen LogP contribution in [0, 0.1) is 12.8 Å². The maximum atomic E-state index is 13.3. The molecule has 2 heterocycles. The number of nitrogens with one attached hydrogen (secondary N) is 2. The zero-order chi connectivity index (χ0) is 22.5. The molecule has 1 aliphatic rings. The highest BCUT2D eigenvalue weighted by Gasteiger charge is 2.38. The van der Waals surface area contributed by atoms with Crippen LogP contribution in [0.5, 0.6) is 0 Å². The quantitative estimate of drug-likeness (QED) is 0.762. The van der Waals surface area contributed by atoms with Gasteiger partial charge in [0, 0.05) is 19.3 Å². The van der Waals surface area contributed by atoms with Crippen molar-refractivity contribution < 1.29 is 19.1 Å². The van der Waals surface area contributed by atoms with E-state index in [4.69, 9.17) is 4.74 Å². The van der Waals surface area contributed by atoms with Gasteiger partial charge >= 0.3 is 12.1 Å². The van der Waals surface area contributed by atoms with Crippen LogP contribution >= 0.6 is 0 Å². The lowest BCUT2D eigenvalue weighted by Crippen LogP contribution is -2.56. The second kappa shape index (κ2) is 9.77. The number of pyridine rings is 1. The van der Waals surface area contributed by atoms with Gasteiger partial charge in [0.2, 0.25) is 0 Å². The van der Waals surface area contributed by atoms with E-state index in [9.17, 15) is 14.4 Å². The highest BCUT2D eigenvalue weighted by atomic mass is 16.6. The first-order valence-electron chi connectivity index (χ1n) is 10.3. The maximum Gasteiger partial charge on any atom is 0.408 e. The topological polar surface area (TPSA) is 104 Å². The third kappa shape index (κ3) is 6.33. The lowest BCUT2D eigenvalue weighted by atomic mass is 9.98. The molecule has 1 aromatic rings. The highest BCUT2D eigenvalue weighted by molar-refractivity contribution is 5.92. The van der Waals surface area contributed by atoms with Crippen LogP contribution in [0.3, 0.4) is 0 Å². The van der Waals surface area contributed by atoms with E-state index in [2.05, 4.69) is 15.6 Å². The predicted octanol–water partition coefficient (Wildman–Crippen LogP) is 3.31. The van der Waals surface area contributed by atoms with Gasteiger partial charge in [-0.05, 0) is 57.7 Å². The van der Waals surface area contributed by atoms with E-state index in [1.807, 2.05) is 26.8 Å². The summed E-state index contributed by atoms with van der Waals surface area (Å²) in [6, 6.07) is 2.36. The van der Waals surface area contributed by atoms with Crippen molar-refractivity contribution in [1.82, 2.24) is 20.3 Å². The lowest BCUT2D eigenvalue weighted by molar-refractivity contribution is -0.143. The second-order valence-electron chi connectivity index (χ2n) is 8.60. The molecule has 0 aliphatic carbocycles. The largest absolute Gasteiger partial charge is 0.444 e. The van der Waals surface area contributed by atoms with Gasteiger partial charge in [-0.15, -0.1) is 0 Å². The predicted molar refractivity (Wildman–Crippen MR) is 114 cm³/mol. The van der Waals surface area contributed by atoms with Crippen LogP contribution in [0.15, 0.2) is 18.3 Å². The standard InChI is InChI=1S/C21H33N5O4/c1-7-15(3)17(24-20(29)30-21(4,5)6)18(27)25-11-8-12-26(25)19(28)23-16-13-14(2)9-10-22-16/h9-10,13,15,17H,7-8,11-12H2,1-6H3,(H,24,29)(H,22,23,28). The molecule has 2 atom stereocenters. The first-order chi connectivity index (χ1) is 14.0. The Morgan fingerprint density at radius 1 is 1.23 bits per heavy atom. The first kappa shape index (κ1) is 23.4. The van der Waals surface area contributed by atoms with E-state index in [0.29, 0.717) is 31.7 Å². The van der Waals surface area contributed by atoms with Gasteiger partial charge in [-0.1, -0.05) is 20.3 Å². The number of amides is 4. The van der Waals surface area contributed by atoms with Crippen molar-refractivity contribution in [1.29, 1.82) is 0 Å². The maximum absolute atomic E-state index is 13.3. The van der Waals surface area contributed by atoms with Crippen molar-refractivity contribution in [2.24, 2.45) is 5.92 Å². The Kier molecular flexibility index (Phi) is 7.64. The molecule has 1 aromatic heterocycles. The zero-order valence-corrected chi connectivity index (χ0v) is 18.7. The fraction of sp³-hybridized carbons (Fsp3) is 0.619. The van der Waals surface area contributed by atoms with Crippen LogP contribution in [-0.2, 0) is 9.53 Å². The molecule has 0 spiro atoms. The third-order valence-corrected chi connectivity index (χ3v) is 4.82. The average Bonchev–Trinajstić information content (AvgIpc) is 3.13. The summed E-state index contributed by atoms with van der Waals surface area (Å²) in [6.07, 6.45) is 2.29. The van der Waals surface area contributed by atoms with E-state index in [0.717, 1.165) is 5.56 Å². The summed E-state index contributed by atoms with van der Waals surface area (Å²) in [5, 5.41) is 8.20. The van der Waals surface area contributed by atoms with Crippen molar-refractivity contribution in [3.8, 4) is 0 Å². The number of hydrogen-bond donors (Lipinski definition) is 2. The molecule has 9 nitrogen and oxygen atoms in total. The fourth-order valence-corrected chi connectivity index (χ4v) is 3.11. The number of hydrazine groups is 1. The van der Waals surface area contributed by atoms with Gasteiger partial charge in [-0.3, -0.25) is 10.1 Å². The van der Waals surface area contributed by atoms with Gasteiger partial charge in [-0.2, -0.15) is 0 Å². The number of rotatable bonds is 5. The summed E-state index contributed by atoms with van der Waals surface area (Å²) in [6.45, 7) is 11.8. The molecule has 2 unspecified atom stereocenters. The number of aromatic nitrogens is 1. The van der Waals surface area contributed by atoms with E-state index >= 15 is 0 Å². The Morgan fingerprint density at radius 2 is 1.90 bits per heavy atom. The molecule has 1 fully saturated rings. The SMILES string of the molecule is CCC(C)C(NC(=O)OC(C)(C)C)C(=O)N1CCCN1C(=O)Nc1cc(C)ccn1. The van der Waals surface area contributed by atoms with Gasteiger partial charge < -0.3 is 10.1 Å². The molecule has 4 amide bonds. The van der Waals surface area contributed by atoms with Gasteiger partial charge in [0.1, 0.15) is 17.5 Å². The summed E-state index contributed by atoms with van der Waals surface area (Å²) < 4.78 is 5.32. The van der Waals surface area contributed by atoms with Crippen LogP contribution < -0.4 is 10.6 Å². The minimum absolute atomic E-state index is 0.131. The Hall–Kier alpha value is -2.84. The molecule has 0 aromatic carbocycles. The minimum atomic E-state index is -0.796. The molecular weight excluding hydrogens is 386 g/mol. The molecular formula is C21H33N5O4. The Bertz CT molecular complexity index is 777. The summed E-state index contributed by atoms with van der Waals surface area (Å²) in [5.41, 5.74) is 0.293. The van der Waals surface area contributed by atoms with Gasteiger partial charge in [0.25, 0.3) is 5.91 Å². The average molecular weight is 420 g/mol. The van der Waals surface area contributed by atoms with Crippen molar-refractivity contribution in [3.63, 3.8) is 0 Å². The molecule has 0 bridgehead atoms. The van der Waals surface area contributed by atoms with Crippen LogP contribution in [0.4, 0.5) is 15.4 Å². The number of alkyl carbamates (subject to hydrolysis) is 1. The smallest absolute Gasteiger partial charge is 0.408 e. The lowest BCUT2D eigenvalue weighted by Gasteiger charge is -2.33. The third-order valence-electron chi connectivity index (χ3n) is 4.82. The zero-order valence-electron chi connectivity index (χ0n) is 18.7. The van der Waals surface area contributed by atoms with Crippen LogP contribution in [0.1, 0.15) is 53.0 Å². The van der Waals surface area contributed by atoms with E-state index < -0.39 is 23.8 Å². The number of anilines is 1. The number of aryl methyl sites for hydroxylation is 1. The summed E-state index contributed by atoms with van der Waals surface area (Å²) in [5.74, 6) is -0.0429. The highest BCUT2D eigenvalue weighted by Crippen LogP contribution is 2.19. The summed E-state index contributed by atoms with van der Waals surface area (Å²) in [7, 11) is 0. The van der Waals surface area contributed by atoms with Crippen LogP contribution in [-0.4, -0.2) is 57.8 Å². The van der Waals surface area contributed by atoms with Crippen molar-refractivity contribution in [2.75, 3.05) is 18.4 Å². The second-order valence-corrected chi connectivity index (χ2v) is 8.60. The molecule has 1 aliphatic heterocycles. The number of carbonyl (C=O) groups is 3. The molecule has 0 saturated carbocycles. The molecule has 9 heteroatoms. The fourth-order valence-electron chi connectivity index (χ4n) is 3.11. The van der Waals surface area contributed by atoms with Crippen LogP contribution in [0.25, 0.3) is 0 Å². The Balaban J connectivity index is 2.13. The van der Waals surface area contributed by atoms with Gasteiger partial charge in [-0.25, -0.2) is 24.6 Å². The first-order valence-corrected chi connectivity index (χ1v) is 10.3. The van der Waals surface area contributed by atoms with Gasteiger partial charge in [0.05, 0.1) is 0 Å². The normalized spacial score (nSPS) is 16.1. The summed E-state index contributed by atoms with van der Waals surface area (Å²) in [4.78, 5) is 42.5. The summed E-state index contributed by atoms with van der Waals surface area (Å²) >= 11 is 0. The molecule has 30 heavy (non-hydrogen) atoms. The Morgan fingerprint density at radius 3 is 2.50 bits per heavy atom. The van der Waals surface area contributed by atoms with Crippen molar-refractivity contribution >= 4 is 23.8 Å². The van der Waals surface area contributed by atoms with E-state index in [-0.39, 0.29) is 11.8 Å². The number of ether oxygens (including phenoxy) is 1. The molecule has 2 N–H and O–H groups in total. The molecule has 2 rings (SSSR count). The number of hydrogen-bond acceptors (Lipinski definition) is 5. The minimum Gasteiger partial charge on any atom is -0.444 e.